The number of carbonyl (C=O) groups excluding carboxylic acids is 2. The Labute approximate surface area is 295 Å². The molecule has 2 saturated heterocycles. The van der Waals surface area contributed by atoms with Crippen LogP contribution in [0.2, 0.25) is 0 Å². The summed E-state index contributed by atoms with van der Waals surface area (Å²) in [6.45, 7) is 10.9. The van der Waals surface area contributed by atoms with Crippen molar-refractivity contribution in [3.63, 3.8) is 0 Å². The first-order valence-corrected chi connectivity index (χ1v) is 21.5. The number of nitrogens with one attached hydrogen (secondary N) is 2. The Morgan fingerprint density at radius 2 is 1.24 bits per heavy atom. The molecule has 0 bridgehead atoms. The maximum absolute atomic E-state index is 14.3. The zero-order valence-corrected chi connectivity index (χ0v) is 30.9. The van der Waals surface area contributed by atoms with Crippen molar-refractivity contribution >= 4 is 51.0 Å². The van der Waals surface area contributed by atoms with Gasteiger partial charge in [0.25, 0.3) is 11.8 Å². The summed E-state index contributed by atoms with van der Waals surface area (Å²) in [7, 11) is 0.0246. The molecule has 0 radical (unpaired) electrons. The lowest BCUT2D eigenvalue weighted by Crippen LogP contribution is -2.36. The van der Waals surface area contributed by atoms with Crippen molar-refractivity contribution in [1.29, 1.82) is 0 Å². The van der Waals surface area contributed by atoms with Crippen molar-refractivity contribution in [2.75, 3.05) is 94.7 Å². The molecule has 2 N–H and O–H groups in total. The number of methoxy groups -OCH3 is 2. The molecule has 2 aromatic carbocycles. The molecule has 49 heavy (non-hydrogen) atoms. The minimum Gasteiger partial charge on any atom is -0.493 e. The Hall–Kier alpha value is -3.54. The summed E-state index contributed by atoms with van der Waals surface area (Å²) in [6.07, 6.45) is 4.67. The molecular weight excluding hydrogens is 684 g/mol. The molecule has 2 aromatic rings. The molecule has 3 atom stereocenters. The summed E-state index contributed by atoms with van der Waals surface area (Å²) >= 11 is 5.44. The lowest BCUT2D eigenvalue weighted by molar-refractivity contribution is 0.0744. The normalized spacial score (nSPS) is 20.6. The van der Waals surface area contributed by atoms with Gasteiger partial charge in [0.15, 0.2) is 23.0 Å². The van der Waals surface area contributed by atoms with Crippen LogP contribution < -0.4 is 29.6 Å². The third kappa shape index (κ3) is 7.64. The zero-order chi connectivity index (χ0) is 34.9. The molecule has 0 spiro atoms. The zero-order valence-electron chi connectivity index (χ0n) is 28.4. The van der Waals surface area contributed by atoms with E-state index in [2.05, 4.69) is 23.8 Å². The number of hydrogen-bond acceptors (Lipinski definition) is 10. The minimum atomic E-state index is -2.77. The topological polar surface area (TPSA) is 119 Å². The van der Waals surface area contributed by atoms with Gasteiger partial charge in [0.05, 0.1) is 69.2 Å². The first-order chi connectivity index (χ1) is 23.5. The molecule has 11 nitrogen and oxygen atoms in total. The standard InChI is InChI=1S/C35H45N4O7PS2/c1-22-12-24-18-36-28-16-32(30(43-3)14-26(28)34(40)38(24)20-22)45-6-8-47(42,10-11-49(5)48)9-7-46-33-17-29-27(15-31(33)44-4)35(41)39-21-23(2)13-25(39)19-37-29/h14-17,24-25,36-37H,1-2,6-13,18-21H2,3-5H3/t24-,25-,49?/m0/s1. The van der Waals surface area contributed by atoms with Gasteiger partial charge in [-0.05, 0) is 31.2 Å². The van der Waals surface area contributed by atoms with Crippen LogP contribution in [0.15, 0.2) is 48.6 Å². The number of rotatable bonds is 13. The molecule has 14 heteroatoms. The van der Waals surface area contributed by atoms with E-state index in [4.69, 9.17) is 30.1 Å². The van der Waals surface area contributed by atoms with Crippen LogP contribution in [0.5, 0.6) is 23.0 Å². The molecule has 4 aliphatic heterocycles. The highest BCUT2D eigenvalue weighted by Gasteiger charge is 2.37. The van der Waals surface area contributed by atoms with E-state index in [1.54, 1.807) is 38.5 Å². The summed E-state index contributed by atoms with van der Waals surface area (Å²) in [6, 6.07) is 7.15. The van der Waals surface area contributed by atoms with Crippen LogP contribution in [-0.4, -0.2) is 118 Å². The number of benzene rings is 2. The van der Waals surface area contributed by atoms with Crippen molar-refractivity contribution in [2.45, 2.75) is 24.9 Å². The predicted octanol–water partition coefficient (Wildman–Crippen LogP) is 4.63. The maximum Gasteiger partial charge on any atom is 0.256 e. The van der Waals surface area contributed by atoms with Gasteiger partial charge < -0.3 is 43.9 Å². The summed E-state index contributed by atoms with van der Waals surface area (Å²) in [5.41, 5.74) is 4.54. The Morgan fingerprint density at radius 3 is 1.65 bits per heavy atom. The van der Waals surface area contributed by atoms with E-state index >= 15 is 0 Å². The number of hydrogen-bond donors (Lipinski definition) is 2. The molecule has 0 saturated carbocycles. The molecule has 264 valence electrons. The first-order valence-electron chi connectivity index (χ1n) is 16.5. The van der Waals surface area contributed by atoms with Gasteiger partial charge in [0, 0.05) is 62.6 Å². The van der Waals surface area contributed by atoms with Crippen LogP contribution >= 0.6 is 7.14 Å². The Morgan fingerprint density at radius 1 is 0.796 bits per heavy atom. The maximum atomic E-state index is 14.3. The van der Waals surface area contributed by atoms with Crippen molar-refractivity contribution < 1.29 is 33.1 Å². The number of fused-ring (bicyclic) bond motifs is 4. The minimum absolute atomic E-state index is 0.0583. The lowest BCUT2D eigenvalue weighted by atomic mass is 10.1. The van der Waals surface area contributed by atoms with E-state index < -0.39 is 7.14 Å². The van der Waals surface area contributed by atoms with Gasteiger partial charge in [0.2, 0.25) is 0 Å². The van der Waals surface area contributed by atoms with Crippen LogP contribution in [-0.2, 0) is 25.2 Å². The van der Waals surface area contributed by atoms with Gasteiger partial charge in [0.1, 0.15) is 0 Å². The van der Waals surface area contributed by atoms with Crippen LogP contribution in [0.1, 0.15) is 33.6 Å². The Bertz CT molecular complexity index is 1640. The SMILES string of the molecule is C=C1C[C@H]2CNc3cc(OCCP(=O)(CCOc4cc5c(cc4OC)C(=O)N4CC(=C)C[C@H]4CN5)CCS(C)=S)c(OC)cc3C(=O)N2C1. The van der Waals surface area contributed by atoms with E-state index in [1.807, 2.05) is 16.1 Å². The largest absolute Gasteiger partial charge is 0.493 e. The monoisotopic (exact) mass is 728 g/mol. The highest BCUT2D eigenvalue weighted by molar-refractivity contribution is 8.28. The van der Waals surface area contributed by atoms with E-state index in [0.717, 1.165) is 24.0 Å². The number of ether oxygens (including phenoxy) is 4. The van der Waals surface area contributed by atoms with Gasteiger partial charge in [-0.25, -0.2) is 0 Å². The summed E-state index contributed by atoms with van der Waals surface area (Å²) in [5, 5.41) is 6.82. The average Bonchev–Trinajstić information content (AvgIpc) is 3.59. The van der Waals surface area contributed by atoms with E-state index in [-0.39, 0.29) is 46.6 Å². The molecular formula is C35H45N4O7PS2. The number of anilines is 2. The van der Waals surface area contributed by atoms with Crippen molar-refractivity contribution in [3.8, 4) is 23.0 Å². The Kier molecular flexibility index (Phi) is 10.6. The summed E-state index contributed by atoms with van der Waals surface area (Å²) < 4.78 is 38.0. The molecule has 2 fully saturated rings. The van der Waals surface area contributed by atoms with Crippen molar-refractivity contribution in [1.82, 2.24) is 9.80 Å². The number of amides is 2. The molecule has 6 rings (SSSR count). The van der Waals surface area contributed by atoms with Crippen molar-refractivity contribution in [3.05, 3.63) is 59.7 Å². The second kappa shape index (κ2) is 14.7. The fourth-order valence-corrected chi connectivity index (χ4v) is 11.5. The second-order valence-corrected chi connectivity index (χ2v) is 19.9. The molecule has 0 aromatic heterocycles. The van der Waals surface area contributed by atoms with E-state index in [1.165, 1.54) is 0 Å². The third-order valence-electron chi connectivity index (χ3n) is 9.66. The van der Waals surface area contributed by atoms with Gasteiger partial charge in [-0.15, -0.1) is 9.45 Å². The smallest absolute Gasteiger partial charge is 0.256 e. The van der Waals surface area contributed by atoms with Gasteiger partial charge in [-0.2, -0.15) is 0 Å². The fraction of sp³-hybridized carbons (Fsp3) is 0.486. The van der Waals surface area contributed by atoms with Gasteiger partial charge in [-0.3, -0.25) is 9.59 Å². The summed E-state index contributed by atoms with van der Waals surface area (Å²) in [5.74, 6) is 2.40. The van der Waals surface area contributed by atoms with Crippen LogP contribution in [0.25, 0.3) is 0 Å². The highest BCUT2D eigenvalue weighted by Crippen LogP contribution is 2.46. The molecule has 4 heterocycles. The molecule has 4 aliphatic rings. The van der Waals surface area contributed by atoms with Gasteiger partial charge >= 0.3 is 0 Å². The lowest BCUT2D eigenvalue weighted by Gasteiger charge is -2.22. The van der Waals surface area contributed by atoms with E-state index in [9.17, 15) is 14.2 Å². The third-order valence-corrected chi connectivity index (χ3v) is 14.3. The highest BCUT2D eigenvalue weighted by atomic mass is 32.8. The molecule has 2 amide bonds. The number of nitrogens with zero attached hydrogens (tertiary/aromatic N) is 2. The van der Waals surface area contributed by atoms with Crippen molar-refractivity contribution in [2.24, 2.45) is 0 Å². The van der Waals surface area contributed by atoms with Crippen LogP contribution in [0, 0.1) is 0 Å². The molecule has 0 aliphatic carbocycles. The van der Waals surface area contributed by atoms with Crippen LogP contribution in [0.3, 0.4) is 0 Å². The second-order valence-electron chi connectivity index (χ2n) is 13.1. The quantitative estimate of drug-likeness (QED) is 0.224. The van der Waals surface area contributed by atoms with Crippen LogP contribution in [0.4, 0.5) is 11.4 Å². The van der Waals surface area contributed by atoms with E-state index in [0.29, 0.717) is 95.9 Å². The average molecular weight is 729 g/mol. The Balaban J connectivity index is 1.12. The van der Waals surface area contributed by atoms with Gasteiger partial charge in [-0.1, -0.05) is 35.5 Å². The first kappa shape index (κ1) is 35.3. The number of carbonyl (C=O) groups is 2. The summed E-state index contributed by atoms with van der Waals surface area (Å²) in [4.78, 5) is 30.5. The fourth-order valence-electron chi connectivity index (χ4n) is 6.95. The predicted molar refractivity (Wildman–Crippen MR) is 199 cm³/mol. The molecule has 1 unspecified atom stereocenters.